The van der Waals surface area contributed by atoms with Crippen molar-refractivity contribution in [2.45, 2.75) is 30.2 Å². The summed E-state index contributed by atoms with van der Waals surface area (Å²) in [5, 5.41) is 3.12. The molecule has 0 aliphatic carbocycles. The van der Waals surface area contributed by atoms with Gasteiger partial charge < -0.3 is 15.0 Å². The van der Waals surface area contributed by atoms with Gasteiger partial charge in [-0.15, -0.1) is 0 Å². The van der Waals surface area contributed by atoms with Gasteiger partial charge in [0.25, 0.3) is 5.56 Å². The Hall–Kier alpha value is -3.13. The van der Waals surface area contributed by atoms with E-state index in [0.717, 1.165) is 11.1 Å². The van der Waals surface area contributed by atoms with E-state index < -0.39 is 5.92 Å². The molecule has 1 atom stereocenters. The highest BCUT2D eigenvalue weighted by Crippen LogP contribution is 2.35. The van der Waals surface area contributed by atoms with E-state index in [1.807, 2.05) is 31.2 Å². The maximum atomic E-state index is 13.1. The van der Waals surface area contributed by atoms with Crippen molar-refractivity contribution in [3.63, 3.8) is 0 Å². The second-order valence-electron chi connectivity index (χ2n) is 6.86. The maximum Gasteiger partial charge on any atom is 0.257 e. The number of ether oxygens (including phenoxy) is 1. The lowest BCUT2D eigenvalue weighted by Crippen LogP contribution is -2.31. The Labute approximate surface area is 176 Å². The van der Waals surface area contributed by atoms with Gasteiger partial charge in [-0.2, -0.15) is 0 Å². The second kappa shape index (κ2) is 8.71. The first-order chi connectivity index (χ1) is 14.5. The van der Waals surface area contributed by atoms with Gasteiger partial charge in [-0.25, -0.2) is 9.37 Å². The highest BCUT2D eigenvalue weighted by Gasteiger charge is 2.31. The van der Waals surface area contributed by atoms with Gasteiger partial charge in [0.05, 0.1) is 12.2 Å². The lowest BCUT2D eigenvalue weighted by molar-refractivity contribution is -0.116. The van der Waals surface area contributed by atoms with Gasteiger partial charge in [-0.05, 0) is 42.3 Å². The molecule has 0 spiro atoms. The van der Waals surface area contributed by atoms with E-state index in [1.54, 1.807) is 12.1 Å². The van der Waals surface area contributed by atoms with Crippen LogP contribution in [0.4, 0.5) is 10.2 Å². The van der Waals surface area contributed by atoms with Crippen molar-refractivity contribution >= 4 is 23.5 Å². The zero-order valence-corrected chi connectivity index (χ0v) is 17.1. The predicted molar refractivity (Wildman–Crippen MR) is 114 cm³/mol. The zero-order valence-electron chi connectivity index (χ0n) is 16.3. The number of benzene rings is 2. The Morgan fingerprint density at radius 3 is 2.77 bits per heavy atom. The number of fused-ring (bicyclic) bond motifs is 1. The van der Waals surface area contributed by atoms with Crippen LogP contribution in [0.5, 0.6) is 5.75 Å². The van der Waals surface area contributed by atoms with Crippen LogP contribution < -0.4 is 15.6 Å². The summed E-state index contributed by atoms with van der Waals surface area (Å²) in [6.45, 7) is 2.43. The molecule has 0 radical (unpaired) electrons. The number of aromatic nitrogens is 2. The van der Waals surface area contributed by atoms with Crippen molar-refractivity contribution in [1.29, 1.82) is 0 Å². The first-order valence-corrected chi connectivity index (χ1v) is 10.6. The number of rotatable bonds is 6. The molecule has 4 rings (SSSR count). The number of carbonyl (C=O) groups is 1. The summed E-state index contributed by atoms with van der Waals surface area (Å²) in [7, 11) is 0. The van der Waals surface area contributed by atoms with Crippen molar-refractivity contribution in [2.24, 2.45) is 0 Å². The number of hydrogen-bond donors (Lipinski definition) is 2. The number of halogens is 1. The third-order valence-electron chi connectivity index (χ3n) is 4.79. The molecule has 0 saturated carbocycles. The number of amides is 1. The molecular weight excluding hydrogens is 405 g/mol. The fraction of sp³-hybridized carbons (Fsp3) is 0.227. The maximum absolute atomic E-state index is 13.1. The van der Waals surface area contributed by atoms with E-state index in [2.05, 4.69) is 15.3 Å². The third-order valence-corrected chi connectivity index (χ3v) is 5.73. The quantitative estimate of drug-likeness (QED) is 0.459. The summed E-state index contributed by atoms with van der Waals surface area (Å²) in [6, 6.07) is 13.6. The summed E-state index contributed by atoms with van der Waals surface area (Å²) in [6.07, 6.45) is 0.162. The van der Waals surface area contributed by atoms with E-state index in [9.17, 15) is 14.0 Å². The molecule has 0 bridgehead atoms. The van der Waals surface area contributed by atoms with Crippen molar-refractivity contribution in [3.8, 4) is 5.75 Å². The zero-order chi connectivity index (χ0) is 21.1. The van der Waals surface area contributed by atoms with Crippen LogP contribution in [0.2, 0.25) is 0 Å². The molecule has 2 aromatic carbocycles. The Morgan fingerprint density at radius 2 is 2.00 bits per heavy atom. The number of aromatic amines is 1. The smallest absolute Gasteiger partial charge is 0.257 e. The number of carbonyl (C=O) groups excluding carboxylic acids is 1. The van der Waals surface area contributed by atoms with Gasteiger partial charge in [0, 0.05) is 18.1 Å². The standard InChI is InChI=1S/C22H20FN3O3S/c1-2-29-16-5-3-4-14(10-16)17-11-18(27)24-20-19(17)21(28)26-22(25-20)30-12-13-6-8-15(23)9-7-13/h3-10,17H,2,11-12H2,1H3,(H2,24,25,26,27,28). The number of H-pyrrole nitrogens is 1. The Balaban J connectivity index is 1.63. The van der Waals surface area contributed by atoms with Crippen molar-refractivity contribution < 1.29 is 13.9 Å². The average molecular weight is 425 g/mol. The van der Waals surface area contributed by atoms with Gasteiger partial charge in [-0.1, -0.05) is 36.0 Å². The minimum atomic E-state index is -0.401. The molecular formula is C22H20FN3O3S. The van der Waals surface area contributed by atoms with Crippen LogP contribution in [0.25, 0.3) is 0 Å². The number of thioether (sulfide) groups is 1. The van der Waals surface area contributed by atoms with Crippen LogP contribution in [0.1, 0.15) is 36.0 Å². The minimum absolute atomic E-state index is 0.162. The normalized spacial score (nSPS) is 15.4. The summed E-state index contributed by atoms with van der Waals surface area (Å²) >= 11 is 1.31. The van der Waals surface area contributed by atoms with Crippen LogP contribution in [0.3, 0.4) is 0 Å². The average Bonchev–Trinajstić information content (AvgIpc) is 2.73. The van der Waals surface area contributed by atoms with Gasteiger partial charge in [0.2, 0.25) is 5.91 Å². The van der Waals surface area contributed by atoms with E-state index in [0.29, 0.717) is 28.8 Å². The fourth-order valence-corrected chi connectivity index (χ4v) is 4.24. The molecule has 1 aliphatic heterocycles. The highest BCUT2D eigenvalue weighted by atomic mass is 32.2. The molecule has 0 saturated heterocycles. The third kappa shape index (κ3) is 4.38. The van der Waals surface area contributed by atoms with Gasteiger partial charge in [0.1, 0.15) is 17.4 Å². The molecule has 2 heterocycles. The SMILES string of the molecule is CCOc1cccc(C2CC(=O)Nc3nc(SCc4ccc(F)cc4)[nH]c(=O)c32)c1. The predicted octanol–water partition coefficient (Wildman–Crippen LogP) is 4.07. The van der Waals surface area contributed by atoms with Crippen LogP contribution >= 0.6 is 11.8 Å². The van der Waals surface area contributed by atoms with E-state index >= 15 is 0 Å². The molecule has 1 unspecified atom stereocenters. The molecule has 1 aliphatic rings. The Morgan fingerprint density at radius 1 is 1.20 bits per heavy atom. The molecule has 154 valence electrons. The van der Waals surface area contributed by atoms with Crippen LogP contribution in [0.15, 0.2) is 58.5 Å². The summed E-state index contributed by atoms with van der Waals surface area (Å²) in [4.78, 5) is 32.5. The van der Waals surface area contributed by atoms with Crippen LogP contribution in [-0.2, 0) is 10.5 Å². The molecule has 3 aromatic rings. The van der Waals surface area contributed by atoms with Crippen molar-refractivity contribution in [2.75, 3.05) is 11.9 Å². The van der Waals surface area contributed by atoms with Gasteiger partial charge in [0.15, 0.2) is 5.16 Å². The fourth-order valence-electron chi connectivity index (χ4n) is 3.42. The second-order valence-corrected chi connectivity index (χ2v) is 7.82. The number of hydrogen-bond acceptors (Lipinski definition) is 5. The van der Waals surface area contributed by atoms with E-state index in [4.69, 9.17) is 4.74 Å². The summed E-state index contributed by atoms with van der Waals surface area (Å²) in [5.74, 6) is 0.590. The molecule has 2 N–H and O–H groups in total. The first kappa shape index (κ1) is 20.2. The highest BCUT2D eigenvalue weighted by molar-refractivity contribution is 7.98. The first-order valence-electron chi connectivity index (χ1n) is 9.57. The largest absolute Gasteiger partial charge is 0.494 e. The Bertz CT molecular complexity index is 1130. The summed E-state index contributed by atoms with van der Waals surface area (Å²) < 4.78 is 18.6. The van der Waals surface area contributed by atoms with Crippen LogP contribution in [0, 0.1) is 5.82 Å². The lowest BCUT2D eigenvalue weighted by Gasteiger charge is -2.24. The molecule has 8 heteroatoms. The molecule has 1 amide bonds. The van der Waals surface area contributed by atoms with Crippen molar-refractivity contribution in [1.82, 2.24) is 9.97 Å². The molecule has 6 nitrogen and oxygen atoms in total. The monoisotopic (exact) mass is 425 g/mol. The van der Waals surface area contributed by atoms with Gasteiger partial charge >= 0.3 is 0 Å². The summed E-state index contributed by atoms with van der Waals surface area (Å²) in [5.41, 5.74) is 1.88. The van der Waals surface area contributed by atoms with E-state index in [-0.39, 0.29) is 29.5 Å². The Kier molecular flexibility index (Phi) is 5.85. The van der Waals surface area contributed by atoms with Crippen LogP contribution in [-0.4, -0.2) is 22.5 Å². The topological polar surface area (TPSA) is 84.1 Å². The molecule has 1 aromatic heterocycles. The van der Waals surface area contributed by atoms with Crippen molar-refractivity contribution in [3.05, 3.63) is 81.4 Å². The van der Waals surface area contributed by atoms with E-state index in [1.165, 1.54) is 23.9 Å². The van der Waals surface area contributed by atoms with Gasteiger partial charge in [-0.3, -0.25) is 9.59 Å². The number of nitrogens with zero attached hydrogens (tertiary/aromatic N) is 1. The molecule has 0 fully saturated rings. The molecule has 30 heavy (non-hydrogen) atoms. The number of nitrogens with one attached hydrogen (secondary N) is 2. The lowest BCUT2D eigenvalue weighted by atomic mass is 9.87. The number of anilines is 1. The minimum Gasteiger partial charge on any atom is -0.494 e.